The molecule has 3 unspecified atom stereocenters. The van der Waals surface area contributed by atoms with E-state index >= 15 is 0 Å². The second-order valence-corrected chi connectivity index (χ2v) is 5.91. The van der Waals surface area contributed by atoms with E-state index in [1.165, 1.54) is 58.5 Å². The third-order valence-electron chi connectivity index (χ3n) is 4.87. The molecule has 4 fully saturated rings. The van der Waals surface area contributed by atoms with Crippen LogP contribution in [0.25, 0.3) is 0 Å². The van der Waals surface area contributed by atoms with Gasteiger partial charge >= 0.3 is 0 Å². The topological polar surface area (TPSA) is 18.5 Å². The Bertz CT molecular complexity index is 235. The van der Waals surface area contributed by atoms with E-state index in [0.717, 1.165) is 18.0 Å². The fourth-order valence-electron chi connectivity index (χ4n) is 3.65. The highest BCUT2D eigenvalue weighted by atomic mass is 15.3. The lowest BCUT2D eigenvalue weighted by Crippen LogP contribution is -2.63. The molecule has 3 nitrogen and oxygen atoms in total. The van der Waals surface area contributed by atoms with Crippen LogP contribution < -0.4 is 5.32 Å². The average Bonchev–Trinajstić information content (AvgIpc) is 2.74. The smallest absolute Gasteiger partial charge is 0.0349 e. The fourth-order valence-corrected chi connectivity index (χ4v) is 3.65. The SMILES string of the molecule is CC1CCCC1NCC1CN2CCN1CC2. The van der Waals surface area contributed by atoms with E-state index in [9.17, 15) is 0 Å². The van der Waals surface area contributed by atoms with Gasteiger partial charge in [0.15, 0.2) is 0 Å². The lowest BCUT2D eigenvalue weighted by Gasteiger charge is -2.48. The number of fused-ring (bicyclic) bond motifs is 3. The van der Waals surface area contributed by atoms with Crippen LogP contribution in [0.4, 0.5) is 0 Å². The molecule has 3 heteroatoms. The van der Waals surface area contributed by atoms with Crippen LogP contribution in [-0.2, 0) is 0 Å². The van der Waals surface area contributed by atoms with Crippen molar-refractivity contribution in [2.24, 2.45) is 5.92 Å². The summed E-state index contributed by atoms with van der Waals surface area (Å²) in [6, 6.07) is 1.59. The molecule has 0 aromatic heterocycles. The monoisotopic (exact) mass is 223 g/mol. The zero-order valence-electron chi connectivity index (χ0n) is 10.5. The van der Waals surface area contributed by atoms with Crippen LogP contribution in [0.5, 0.6) is 0 Å². The van der Waals surface area contributed by atoms with Crippen molar-refractivity contribution in [2.75, 3.05) is 39.3 Å². The zero-order valence-corrected chi connectivity index (χ0v) is 10.5. The van der Waals surface area contributed by atoms with Crippen molar-refractivity contribution >= 4 is 0 Å². The van der Waals surface area contributed by atoms with E-state index in [1.54, 1.807) is 0 Å². The van der Waals surface area contributed by atoms with Crippen LogP contribution in [0, 0.1) is 5.92 Å². The molecule has 1 aliphatic carbocycles. The molecule has 3 heterocycles. The summed E-state index contributed by atoms with van der Waals surface area (Å²) >= 11 is 0. The molecule has 0 aromatic carbocycles. The summed E-state index contributed by atoms with van der Waals surface area (Å²) < 4.78 is 0. The highest BCUT2D eigenvalue weighted by molar-refractivity contribution is 4.91. The van der Waals surface area contributed by atoms with Crippen molar-refractivity contribution in [1.29, 1.82) is 0 Å². The predicted molar refractivity (Wildman–Crippen MR) is 66.6 cm³/mol. The van der Waals surface area contributed by atoms with Gasteiger partial charge in [0.25, 0.3) is 0 Å². The lowest BCUT2D eigenvalue weighted by atomic mass is 10.0. The van der Waals surface area contributed by atoms with E-state index in [1.807, 2.05) is 0 Å². The van der Waals surface area contributed by atoms with Gasteiger partial charge in [0.05, 0.1) is 0 Å². The quantitative estimate of drug-likeness (QED) is 0.762. The van der Waals surface area contributed by atoms with Crippen LogP contribution in [0.15, 0.2) is 0 Å². The molecule has 3 saturated heterocycles. The second kappa shape index (κ2) is 4.63. The first kappa shape index (κ1) is 11.0. The Morgan fingerprint density at radius 2 is 1.94 bits per heavy atom. The fraction of sp³-hybridized carbons (Fsp3) is 1.00. The Morgan fingerprint density at radius 3 is 2.50 bits per heavy atom. The van der Waals surface area contributed by atoms with E-state index < -0.39 is 0 Å². The van der Waals surface area contributed by atoms with Crippen LogP contribution in [0.2, 0.25) is 0 Å². The molecule has 2 bridgehead atoms. The summed E-state index contributed by atoms with van der Waals surface area (Å²) in [5, 5.41) is 3.82. The van der Waals surface area contributed by atoms with E-state index in [4.69, 9.17) is 0 Å². The molecular formula is C13H25N3. The zero-order chi connectivity index (χ0) is 11.0. The minimum absolute atomic E-state index is 0.787. The van der Waals surface area contributed by atoms with Crippen LogP contribution >= 0.6 is 0 Å². The Balaban J connectivity index is 1.48. The predicted octanol–water partition coefficient (Wildman–Crippen LogP) is 0.764. The van der Waals surface area contributed by atoms with Gasteiger partial charge in [-0.3, -0.25) is 9.80 Å². The van der Waals surface area contributed by atoms with E-state index in [0.29, 0.717) is 0 Å². The summed E-state index contributed by atoms with van der Waals surface area (Å²) in [6.45, 7) is 10.1. The molecule has 1 N–H and O–H groups in total. The van der Waals surface area contributed by atoms with Gasteiger partial charge in [-0.25, -0.2) is 0 Å². The average molecular weight is 223 g/mol. The van der Waals surface area contributed by atoms with Crippen LogP contribution in [-0.4, -0.2) is 61.2 Å². The Morgan fingerprint density at radius 1 is 1.12 bits per heavy atom. The van der Waals surface area contributed by atoms with Gasteiger partial charge in [-0.2, -0.15) is 0 Å². The molecule has 4 rings (SSSR count). The molecular weight excluding hydrogens is 198 g/mol. The van der Waals surface area contributed by atoms with Crippen molar-refractivity contribution in [3.05, 3.63) is 0 Å². The van der Waals surface area contributed by atoms with Gasteiger partial charge in [-0.05, 0) is 18.8 Å². The van der Waals surface area contributed by atoms with Crippen LogP contribution in [0.1, 0.15) is 26.2 Å². The van der Waals surface area contributed by atoms with Gasteiger partial charge in [0, 0.05) is 51.4 Å². The molecule has 92 valence electrons. The highest BCUT2D eigenvalue weighted by Gasteiger charge is 2.32. The van der Waals surface area contributed by atoms with Crippen LogP contribution in [0.3, 0.4) is 0 Å². The maximum absolute atomic E-state index is 3.82. The third kappa shape index (κ3) is 2.13. The summed E-state index contributed by atoms with van der Waals surface area (Å²) in [5.74, 6) is 0.899. The summed E-state index contributed by atoms with van der Waals surface area (Å²) in [5.41, 5.74) is 0. The molecule has 16 heavy (non-hydrogen) atoms. The van der Waals surface area contributed by atoms with Crippen molar-refractivity contribution in [3.8, 4) is 0 Å². The first-order valence-corrected chi connectivity index (χ1v) is 7.03. The number of piperazine rings is 3. The molecule has 0 aromatic rings. The minimum Gasteiger partial charge on any atom is -0.312 e. The van der Waals surface area contributed by atoms with Gasteiger partial charge in [0.2, 0.25) is 0 Å². The second-order valence-electron chi connectivity index (χ2n) is 5.91. The summed E-state index contributed by atoms with van der Waals surface area (Å²) in [6.07, 6.45) is 4.26. The molecule has 0 spiro atoms. The normalized spacial score (nSPS) is 47.4. The van der Waals surface area contributed by atoms with Gasteiger partial charge < -0.3 is 5.32 Å². The van der Waals surface area contributed by atoms with Gasteiger partial charge in [-0.1, -0.05) is 13.3 Å². The maximum atomic E-state index is 3.82. The third-order valence-corrected chi connectivity index (χ3v) is 4.87. The molecule has 4 aliphatic rings. The molecule has 1 saturated carbocycles. The summed E-state index contributed by atoms with van der Waals surface area (Å²) in [4.78, 5) is 5.32. The molecule has 0 amide bonds. The standard InChI is InChI=1S/C13H25N3/c1-11-3-2-4-13(11)14-9-12-10-15-5-7-16(12)8-6-15/h11-14H,2-10H2,1H3. The Kier molecular flexibility index (Phi) is 3.18. The van der Waals surface area contributed by atoms with E-state index in [-0.39, 0.29) is 0 Å². The minimum atomic E-state index is 0.787. The van der Waals surface area contributed by atoms with Crippen molar-refractivity contribution in [2.45, 2.75) is 38.3 Å². The number of hydrogen-bond donors (Lipinski definition) is 1. The highest BCUT2D eigenvalue weighted by Crippen LogP contribution is 2.25. The van der Waals surface area contributed by atoms with Gasteiger partial charge in [-0.15, -0.1) is 0 Å². The Labute approximate surface area is 99.2 Å². The largest absolute Gasteiger partial charge is 0.312 e. The van der Waals surface area contributed by atoms with E-state index in [2.05, 4.69) is 22.0 Å². The first-order chi connectivity index (χ1) is 7.83. The number of rotatable bonds is 3. The lowest BCUT2D eigenvalue weighted by molar-refractivity contribution is 0.0123. The number of nitrogens with zero attached hydrogens (tertiary/aromatic N) is 2. The van der Waals surface area contributed by atoms with Crippen molar-refractivity contribution in [3.63, 3.8) is 0 Å². The molecule has 0 radical (unpaired) electrons. The van der Waals surface area contributed by atoms with Crippen molar-refractivity contribution in [1.82, 2.24) is 15.1 Å². The first-order valence-electron chi connectivity index (χ1n) is 7.03. The molecule has 3 atom stereocenters. The maximum Gasteiger partial charge on any atom is 0.0349 e. The van der Waals surface area contributed by atoms with Gasteiger partial charge in [0.1, 0.15) is 0 Å². The number of nitrogens with one attached hydrogen (secondary N) is 1. The molecule has 3 aliphatic heterocycles. The van der Waals surface area contributed by atoms with Crippen molar-refractivity contribution < 1.29 is 0 Å². The Hall–Kier alpha value is -0.120. The summed E-state index contributed by atoms with van der Waals surface area (Å²) in [7, 11) is 0. The number of hydrogen-bond acceptors (Lipinski definition) is 3.